The SMILES string of the molecule is Cc1ccc(C(=O)c2ccccc2)c(CC(F)(F)F)c1. The van der Waals surface area contributed by atoms with Gasteiger partial charge in [0.15, 0.2) is 5.78 Å². The number of carbonyl (C=O) groups is 1. The maximum Gasteiger partial charge on any atom is 0.393 e. The first-order valence-corrected chi connectivity index (χ1v) is 6.13. The number of aryl methyl sites for hydroxylation is 1. The Morgan fingerprint density at radius 3 is 2.30 bits per heavy atom. The zero-order chi connectivity index (χ0) is 14.8. The Labute approximate surface area is 115 Å². The summed E-state index contributed by atoms with van der Waals surface area (Å²) in [6.07, 6.45) is -5.43. The fourth-order valence-electron chi connectivity index (χ4n) is 2.05. The van der Waals surface area contributed by atoms with E-state index in [4.69, 9.17) is 0 Å². The van der Waals surface area contributed by atoms with Gasteiger partial charge in [0.25, 0.3) is 0 Å². The Bertz CT molecular complexity index is 615. The van der Waals surface area contributed by atoms with Crippen LogP contribution in [0.3, 0.4) is 0 Å². The van der Waals surface area contributed by atoms with Crippen LogP contribution in [0.2, 0.25) is 0 Å². The quantitative estimate of drug-likeness (QED) is 0.764. The molecule has 2 rings (SSSR count). The molecule has 0 bridgehead atoms. The van der Waals surface area contributed by atoms with Crippen LogP contribution in [0.25, 0.3) is 0 Å². The van der Waals surface area contributed by atoms with Crippen molar-refractivity contribution >= 4 is 5.78 Å². The van der Waals surface area contributed by atoms with E-state index in [1.165, 1.54) is 12.1 Å². The summed E-state index contributed by atoms with van der Waals surface area (Å²) in [5.74, 6) is -0.384. The van der Waals surface area contributed by atoms with E-state index < -0.39 is 12.6 Å². The van der Waals surface area contributed by atoms with E-state index in [9.17, 15) is 18.0 Å². The number of hydrogen-bond donors (Lipinski definition) is 0. The Morgan fingerprint density at radius 1 is 1.05 bits per heavy atom. The van der Waals surface area contributed by atoms with Crippen LogP contribution in [0.1, 0.15) is 27.0 Å². The molecule has 0 heterocycles. The highest BCUT2D eigenvalue weighted by Crippen LogP contribution is 2.25. The Hall–Kier alpha value is -2.10. The molecule has 0 aliphatic carbocycles. The molecule has 0 unspecified atom stereocenters. The van der Waals surface area contributed by atoms with Crippen LogP contribution >= 0.6 is 0 Å². The van der Waals surface area contributed by atoms with Gasteiger partial charge >= 0.3 is 6.18 Å². The molecule has 0 atom stereocenters. The van der Waals surface area contributed by atoms with Gasteiger partial charge in [-0.2, -0.15) is 13.2 Å². The van der Waals surface area contributed by atoms with Crippen LogP contribution in [0.4, 0.5) is 13.2 Å². The molecule has 104 valence electrons. The third-order valence-corrected chi connectivity index (χ3v) is 2.93. The smallest absolute Gasteiger partial charge is 0.289 e. The first-order valence-electron chi connectivity index (χ1n) is 6.13. The summed E-state index contributed by atoms with van der Waals surface area (Å²) in [7, 11) is 0. The van der Waals surface area contributed by atoms with Crippen LogP contribution in [-0.4, -0.2) is 12.0 Å². The minimum absolute atomic E-state index is 0.0198. The molecule has 2 aromatic rings. The molecular weight excluding hydrogens is 265 g/mol. The molecule has 0 N–H and O–H groups in total. The van der Waals surface area contributed by atoms with Crippen molar-refractivity contribution in [3.8, 4) is 0 Å². The molecule has 0 fully saturated rings. The molecular formula is C16H13F3O. The van der Waals surface area contributed by atoms with Crippen molar-refractivity contribution in [1.82, 2.24) is 0 Å². The lowest BCUT2D eigenvalue weighted by atomic mass is 9.95. The van der Waals surface area contributed by atoms with Crippen molar-refractivity contribution in [3.05, 3.63) is 70.8 Å². The molecule has 0 aliphatic heterocycles. The number of rotatable bonds is 3. The van der Waals surface area contributed by atoms with E-state index in [0.717, 1.165) is 0 Å². The summed E-state index contributed by atoms with van der Waals surface area (Å²) >= 11 is 0. The lowest BCUT2D eigenvalue weighted by Crippen LogP contribution is -2.15. The predicted molar refractivity (Wildman–Crippen MR) is 70.8 cm³/mol. The average Bonchev–Trinajstić information content (AvgIpc) is 2.37. The molecule has 0 saturated carbocycles. The van der Waals surface area contributed by atoms with Gasteiger partial charge in [-0.3, -0.25) is 4.79 Å². The van der Waals surface area contributed by atoms with E-state index in [-0.39, 0.29) is 16.9 Å². The van der Waals surface area contributed by atoms with Gasteiger partial charge in [0.2, 0.25) is 0 Å². The van der Waals surface area contributed by atoms with Crippen LogP contribution in [0.15, 0.2) is 48.5 Å². The van der Waals surface area contributed by atoms with Crippen LogP contribution in [0.5, 0.6) is 0 Å². The third kappa shape index (κ3) is 3.47. The van der Waals surface area contributed by atoms with Gasteiger partial charge in [0.1, 0.15) is 0 Å². The van der Waals surface area contributed by atoms with Crippen LogP contribution in [-0.2, 0) is 6.42 Å². The van der Waals surface area contributed by atoms with Crippen molar-refractivity contribution in [2.45, 2.75) is 19.5 Å². The van der Waals surface area contributed by atoms with Gasteiger partial charge in [-0.15, -0.1) is 0 Å². The maximum absolute atomic E-state index is 12.6. The number of alkyl halides is 3. The second-order valence-electron chi connectivity index (χ2n) is 4.65. The molecule has 0 aromatic heterocycles. The summed E-state index contributed by atoms with van der Waals surface area (Å²) in [6.45, 7) is 1.71. The van der Waals surface area contributed by atoms with Crippen molar-refractivity contribution < 1.29 is 18.0 Å². The Morgan fingerprint density at radius 2 is 1.70 bits per heavy atom. The highest BCUT2D eigenvalue weighted by Gasteiger charge is 2.30. The fourth-order valence-corrected chi connectivity index (χ4v) is 2.05. The zero-order valence-electron chi connectivity index (χ0n) is 10.9. The largest absolute Gasteiger partial charge is 0.393 e. The van der Waals surface area contributed by atoms with Crippen LogP contribution in [0, 0.1) is 6.92 Å². The molecule has 0 saturated heterocycles. The topological polar surface area (TPSA) is 17.1 Å². The highest BCUT2D eigenvalue weighted by molar-refractivity contribution is 6.09. The third-order valence-electron chi connectivity index (χ3n) is 2.93. The number of carbonyl (C=O) groups excluding carboxylic acids is 1. The predicted octanol–water partition coefficient (Wildman–Crippen LogP) is 4.33. The fraction of sp³-hybridized carbons (Fsp3) is 0.188. The maximum atomic E-state index is 12.6. The monoisotopic (exact) mass is 278 g/mol. The summed E-state index contributed by atoms with van der Waals surface area (Å²) in [6, 6.07) is 12.9. The zero-order valence-corrected chi connectivity index (χ0v) is 10.9. The Kier molecular flexibility index (Phi) is 3.93. The average molecular weight is 278 g/mol. The summed E-state index contributed by atoms with van der Waals surface area (Å²) in [5.41, 5.74) is 1.22. The molecule has 0 aliphatic rings. The summed E-state index contributed by atoms with van der Waals surface area (Å²) in [4.78, 5) is 12.3. The van der Waals surface area contributed by atoms with Crippen LogP contribution < -0.4 is 0 Å². The first-order chi connectivity index (χ1) is 9.37. The van der Waals surface area contributed by atoms with Crippen molar-refractivity contribution in [3.63, 3.8) is 0 Å². The van der Waals surface area contributed by atoms with Gasteiger partial charge in [-0.05, 0) is 12.5 Å². The van der Waals surface area contributed by atoms with E-state index >= 15 is 0 Å². The molecule has 2 aromatic carbocycles. The molecule has 0 radical (unpaired) electrons. The standard InChI is InChI=1S/C16H13F3O/c1-11-7-8-14(13(9-11)10-16(17,18)19)15(20)12-5-3-2-4-6-12/h2-9H,10H2,1H3. The van der Waals surface area contributed by atoms with E-state index in [1.807, 2.05) is 0 Å². The number of hydrogen-bond acceptors (Lipinski definition) is 1. The minimum atomic E-state index is -4.33. The molecule has 20 heavy (non-hydrogen) atoms. The number of benzene rings is 2. The Balaban J connectivity index is 2.43. The second-order valence-corrected chi connectivity index (χ2v) is 4.65. The lowest BCUT2D eigenvalue weighted by Gasteiger charge is -2.12. The normalized spacial score (nSPS) is 11.4. The van der Waals surface area contributed by atoms with E-state index in [1.54, 1.807) is 43.3 Å². The van der Waals surface area contributed by atoms with Gasteiger partial charge in [0.05, 0.1) is 6.42 Å². The number of halogens is 3. The highest BCUT2D eigenvalue weighted by atomic mass is 19.4. The van der Waals surface area contributed by atoms with Gasteiger partial charge < -0.3 is 0 Å². The van der Waals surface area contributed by atoms with E-state index in [2.05, 4.69) is 0 Å². The van der Waals surface area contributed by atoms with Crippen molar-refractivity contribution in [1.29, 1.82) is 0 Å². The van der Waals surface area contributed by atoms with Gasteiger partial charge in [0, 0.05) is 11.1 Å². The first kappa shape index (κ1) is 14.3. The number of ketones is 1. The summed E-state index contributed by atoms with van der Waals surface area (Å²) < 4.78 is 37.8. The molecule has 4 heteroatoms. The van der Waals surface area contributed by atoms with Gasteiger partial charge in [-0.1, -0.05) is 54.1 Å². The molecule has 0 spiro atoms. The van der Waals surface area contributed by atoms with Crippen molar-refractivity contribution in [2.24, 2.45) is 0 Å². The summed E-state index contributed by atoms with van der Waals surface area (Å²) in [5, 5.41) is 0. The lowest BCUT2D eigenvalue weighted by molar-refractivity contribution is -0.127. The molecule has 1 nitrogen and oxygen atoms in total. The van der Waals surface area contributed by atoms with E-state index in [0.29, 0.717) is 11.1 Å². The van der Waals surface area contributed by atoms with Crippen molar-refractivity contribution in [2.75, 3.05) is 0 Å². The van der Waals surface area contributed by atoms with Gasteiger partial charge in [-0.25, -0.2) is 0 Å². The molecule has 0 amide bonds. The minimum Gasteiger partial charge on any atom is -0.289 e. The second kappa shape index (κ2) is 5.49.